The lowest BCUT2D eigenvalue weighted by Gasteiger charge is -2.38. The predicted octanol–water partition coefficient (Wildman–Crippen LogP) is 3.99. The van der Waals surface area contributed by atoms with Gasteiger partial charge in [0.05, 0.1) is 16.6 Å². The average Bonchev–Trinajstić information content (AvgIpc) is 3.39. The van der Waals surface area contributed by atoms with Crippen LogP contribution in [0.3, 0.4) is 0 Å². The van der Waals surface area contributed by atoms with Gasteiger partial charge in [0.1, 0.15) is 0 Å². The third-order valence-corrected chi connectivity index (χ3v) is 5.68. The molecule has 2 fully saturated rings. The van der Waals surface area contributed by atoms with Crippen LogP contribution in [0, 0.1) is 0 Å². The van der Waals surface area contributed by atoms with Crippen LogP contribution in [-0.2, 0) is 0 Å². The Morgan fingerprint density at radius 3 is 2.63 bits per heavy atom. The number of rotatable bonds is 4. The number of nitrogens with zero attached hydrogens (tertiary/aromatic N) is 3. The number of carbonyl (C=O) groups is 1. The Balaban J connectivity index is 0.00000210. The highest BCUT2D eigenvalue weighted by atomic mass is 35.5. The van der Waals surface area contributed by atoms with Gasteiger partial charge in [0.2, 0.25) is 0 Å². The second-order valence-corrected chi connectivity index (χ2v) is 8.19. The van der Waals surface area contributed by atoms with Crippen molar-refractivity contribution in [3.8, 4) is 0 Å². The quantitative estimate of drug-likeness (QED) is 0.850. The highest BCUT2D eigenvalue weighted by Gasteiger charge is 2.34. The number of halogens is 1. The van der Waals surface area contributed by atoms with Gasteiger partial charge < -0.3 is 15.2 Å². The molecule has 2 unspecified atom stereocenters. The molecule has 1 aliphatic carbocycles. The van der Waals surface area contributed by atoms with E-state index in [0.29, 0.717) is 17.2 Å². The monoisotopic (exact) mass is 392 g/mol. The molecule has 0 bridgehead atoms. The number of carbonyl (C=O) groups excluding carboxylic acids is 1. The lowest BCUT2D eigenvalue weighted by molar-refractivity contribution is 0.0585. The largest absolute Gasteiger partial charge is 0.335 e. The molecule has 27 heavy (non-hydrogen) atoms. The Morgan fingerprint density at radius 2 is 2.00 bits per heavy atom. The van der Waals surface area contributed by atoms with Crippen LogP contribution in [0.25, 0.3) is 11.1 Å². The first-order chi connectivity index (χ1) is 12.5. The molecule has 6 nitrogen and oxygen atoms in total. The molecule has 1 saturated heterocycles. The molecule has 2 N–H and O–H groups in total. The van der Waals surface area contributed by atoms with E-state index in [9.17, 15) is 4.79 Å². The van der Waals surface area contributed by atoms with Gasteiger partial charge in [-0.1, -0.05) is 19.0 Å². The summed E-state index contributed by atoms with van der Waals surface area (Å²) in [7, 11) is 0. The molecular formula is C20H29ClN4O2. The average molecular weight is 393 g/mol. The van der Waals surface area contributed by atoms with E-state index >= 15 is 0 Å². The zero-order valence-corrected chi connectivity index (χ0v) is 17.1. The van der Waals surface area contributed by atoms with Crippen molar-refractivity contribution < 1.29 is 9.32 Å². The second kappa shape index (κ2) is 7.76. The van der Waals surface area contributed by atoms with Crippen molar-refractivity contribution in [3.05, 3.63) is 23.0 Å². The molecule has 2 aliphatic rings. The number of nitrogens with two attached hydrogens (primary N) is 1. The van der Waals surface area contributed by atoms with Gasteiger partial charge in [-0.3, -0.25) is 4.79 Å². The molecule has 1 saturated carbocycles. The number of fused-ring (bicyclic) bond motifs is 1. The van der Waals surface area contributed by atoms with Crippen molar-refractivity contribution in [2.75, 3.05) is 6.54 Å². The van der Waals surface area contributed by atoms with Crippen LogP contribution >= 0.6 is 12.4 Å². The van der Waals surface area contributed by atoms with E-state index in [4.69, 9.17) is 10.3 Å². The minimum atomic E-state index is -0.0356. The second-order valence-electron chi connectivity index (χ2n) is 8.19. The fraction of sp³-hybridized carbons (Fsp3) is 0.650. The summed E-state index contributed by atoms with van der Waals surface area (Å²) in [6.07, 6.45) is 5.37. The lowest BCUT2D eigenvalue weighted by Crippen LogP contribution is -2.51. The van der Waals surface area contributed by atoms with E-state index < -0.39 is 0 Å². The van der Waals surface area contributed by atoms with E-state index in [-0.39, 0.29) is 36.3 Å². The molecule has 1 amide bonds. The van der Waals surface area contributed by atoms with Crippen molar-refractivity contribution in [1.29, 1.82) is 0 Å². The summed E-state index contributed by atoms with van der Waals surface area (Å²) in [5.41, 5.74) is 9.15. The first-order valence-corrected chi connectivity index (χ1v) is 9.84. The number of pyridine rings is 1. The van der Waals surface area contributed by atoms with Crippen LogP contribution in [0.2, 0.25) is 0 Å². The Morgan fingerprint density at radius 1 is 1.26 bits per heavy atom. The third kappa shape index (κ3) is 3.69. The van der Waals surface area contributed by atoms with E-state index in [1.54, 1.807) is 0 Å². The molecule has 1 aliphatic heterocycles. The van der Waals surface area contributed by atoms with E-state index in [1.807, 2.05) is 17.9 Å². The molecular weight excluding hydrogens is 364 g/mol. The molecule has 7 heteroatoms. The maximum Gasteiger partial charge on any atom is 0.259 e. The summed E-state index contributed by atoms with van der Waals surface area (Å²) in [6, 6.07) is 2.04. The summed E-state index contributed by atoms with van der Waals surface area (Å²) in [6.45, 7) is 6.88. The van der Waals surface area contributed by atoms with Crippen LogP contribution in [-0.4, -0.2) is 39.6 Å². The zero-order valence-electron chi connectivity index (χ0n) is 16.3. The fourth-order valence-corrected chi connectivity index (χ4v) is 4.05. The van der Waals surface area contributed by atoms with Gasteiger partial charge in [-0.25, -0.2) is 4.98 Å². The first-order valence-electron chi connectivity index (χ1n) is 9.84. The number of piperidine rings is 1. The van der Waals surface area contributed by atoms with Gasteiger partial charge in [0.15, 0.2) is 0 Å². The summed E-state index contributed by atoms with van der Waals surface area (Å²) >= 11 is 0. The minimum absolute atomic E-state index is 0. The third-order valence-electron chi connectivity index (χ3n) is 5.68. The maximum absolute atomic E-state index is 13.6. The Hall–Kier alpha value is -1.66. The topological polar surface area (TPSA) is 85.2 Å². The Labute approximate surface area is 166 Å². The van der Waals surface area contributed by atoms with Gasteiger partial charge in [0, 0.05) is 30.2 Å². The van der Waals surface area contributed by atoms with Gasteiger partial charge >= 0.3 is 0 Å². The first kappa shape index (κ1) is 20.1. The molecule has 2 atom stereocenters. The van der Waals surface area contributed by atoms with Crippen LogP contribution < -0.4 is 5.73 Å². The summed E-state index contributed by atoms with van der Waals surface area (Å²) < 4.78 is 5.52. The van der Waals surface area contributed by atoms with Crippen LogP contribution in [0.4, 0.5) is 0 Å². The summed E-state index contributed by atoms with van der Waals surface area (Å²) in [5.74, 6) is 0.664. The van der Waals surface area contributed by atoms with Gasteiger partial charge in [-0.05, 0) is 51.0 Å². The molecule has 2 aromatic heterocycles. The maximum atomic E-state index is 13.6. The number of hydrogen-bond donors (Lipinski definition) is 1. The van der Waals surface area contributed by atoms with Crippen molar-refractivity contribution in [3.63, 3.8) is 0 Å². The van der Waals surface area contributed by atoms with Gasteiger partial charge in [-0.2, -0.15) is 0 Å². The van der Waals surface area contributed by atoms with Crippen LogP contribution in [0.5, 0.6) is 0 Å². The molecule has 0 aromatic carbocycles. The van der Waals surface area contributed by atoms with E-state index in [0.717, 1.165) is 55.4 Å². The predicted molar refractivity (Wildman–Crippen MR) is 107 cm³/mol. The molecule has 3 heterocycles. The number of aromatic nitrogens is 2. The molecule has 2 aromatic rings. The number of likely N-dealkylation sites (tertiary alicyclic amines) is 1. The van der Waals surface area contributed by atoms with Crippen molar-refractivity contribution >= 4 is 29.4 Å². The van der Waals surface area contributed by atoms with E-state index in [2.05, 4.69) is 24.0 Å². The minimum Gasteiger partial charge on any atom is -0.335 e. The SMILES string of the molecule is CC(C)c1noc2nc(C3CC3)cc(C(=O)N3CCCCC3C(C)N)c12.Cl. The fourth-order valence-electron chi connectivity index (χ4n) is 4.05. The van der Waals surface area contributed by atoms with Crippen molar-refractivity contribution in [1.82, 2.24) is 15.0 Å². The Kier molecular flexibility index (Phi) is 5.77. The summed E-state index contributed by atoms with van der Waals surface area (Å²) in [5, 5.41) is 5.01. The smallest absolute Gasteiger partial charge is 0.259 e. The van der Waals surface area contributed by atoms with Crippen molar-refractivity contribution in [2.45, 2.75) is 76.8 Å². The lowest BCUT2D eigenvalue weighted by atomic mass is 9.94. The standard InChI is InChI=1S/C20H28N4O2.ClH/c1-11(2)18-17-14(10-15(13-7-8-13)22-19(17)26-23-18)20(25)24-9-5-4-6-16(24)12(3)21;/h10-13,16H,4-9,21H2,1-3H3;1H. The molecule has 148 valence electrons. The van der Waals surface area contributed by atoms with Crippen LogP contribution in [0.15, 0.2) is 10.6 Å². The van der Waals surface area contributed by atoms with Crippen LogP contribution in [0.1, 0.15) is 86.5 Å². The Bertz CT molecular complexity index is 829. The highest BCUT2D eigenvalue weighted by molar-refractivity contribution is 6.06. The number of amides is 1. The molecule has 0 spiro atoms. The van der Waals surface area contributed by atoms with Gasteiger partial charge in [0.25, 0.3) is 11.6 Å². The van der Waals surface area contributed by atoms with E-state index in [1.165, 1.54) is 0 Å². The summed E-state index contributed by atoms with van der Waals surface area (Å²) in [4.78, 5) is 20.2. The zero-order chi connectivity index (χ0) is 18.4. The van der Waals surface area contributed by atoms with Crippen molar-refractivity contribution in [2.24, 2.45) is 5.73 Å². The highest BCUT2D eigenvalue weighted by Crippen LogP contribution is 2.41. The molecule has 0 radical (unpaired) electrons. The normalized spacial score (nSPS) is 21.4. The number of hydrogen-bond acceptors (Lipinski definition) is 5. The van der Waals surface area contributed by atoms with Gasteiger partial charge in [-0.15, -0.1) is 12.4 Å². The molecule has 4 rings (SSSR count).